The molecule has 1 atom stereocenters. The lowest BCUT2D eigenvalue weighted by atomic mass is 10.1. The van der Waals surface area contributed by atoms with Crippen molar-refractivity contribution >= 4 is 11.9 Å². The standard InChI is InChI=1S/C21H25NO4/c1-4-25-21(24)18(13-17-8-6-5-7-9-17)22-20(23)14-26-19-11-10-15(2)12-16(19)3/h5-12,18H,4,13-14H2,1-3H3,(H,22,23). The molecule has 2 aromatic carbocycles. The second-order valence-corrected chi connectivity index (χ2v) is 6.12. The van der Waals surface area contributed by atoms with Gasteiger partial charge in [0.2, 0.25) is 0 Å². The highest BCUT2D eigenvalue weighted by Gasteiger charge is 2.22. The zero-order valence-corrected chi connectivity index (χ0v) is 15.5. The first-order valence-electron chi connectivity index (χ1n) is 8.69. The number of nitrogens with one attached hydrogen (secondary N) is 1. The Balaban J connectivity index is 1.97. The Hall–Kier alpha value is -2.82. The molecule has 2 aromatic rings. The Morgan fingerprint density at radius 3 is 2.46 bits per heavy atom. The number of aryl methyl sites for hydroxylation is 2. The van der Waals surface area contributed by atoms with Gasteiger partial charge in [0.1, 0.15) is 11.8 Å². The molecule has 0 bridgehead atoms. The Bertz CT molecular complexity index is 743. The number of hydrogen-bond donors (Lipinski definition) is 1. The molecule has 0 spiro atoms. The molecule has 1 amide bonds. The van der Waals surface area contributed by atoms with Crippen molar-refractivity contribution in [1.82, 2.24) is 5.32 Å². The number of rotatable bonds is 8. The maximum Gasteiger partial charge on any atom is 0.328 e. The molecule has 1 N–H and O–H groups in total. The highest BCUT2D eigenvalue weighted by molar-refractivity contribution is 5.85. The third kappa shape index (κ3) is 5.92. The Morgan fingerprint density at radius 2 is 1.81 bits per heavy atom. The molecule has 0 radical (unpaired) electrons. The lowest BCUT2D eigenvalue weighted by Gasteiger charge is -2.18. The molecular weight excluding hydrogens is 330 g/mol. The molecule has 0 aromatic heterocycles. The number of benzene rings is 2. The third-order valence-electron chi connectivity index (χ3n) is 3.88. The van der Waals surface area contributed by atoms with Gasteiger partial charge in [0.25, 0.3) is 5.91 Å². The Kier molecular flexibility index (Phi) is 7.21. The molecule has 0 aliphatic carbocycles. The predicted molar refractivity (Wildman–Crippen MR) is 100 cm³/mol. The normalized spacial score (nSPS) is 11.5. The van der Waals surface area contributed by atoms with E-state index in [0.29, 0.717) is 12.2 Å². The van der Waals surface area contributed by atoms with Crippen LogP contribution in [0.2, 0.25) is 0 Å². The molecule has 0 fully saturated rings. The van der Waals surface area contributed by atoms with Crippen LogP contribution in [0.15, 0.2) is 48.5 Å². The fourth-order valence-corrected chi connectivity index (χ4v) is 2.63. The van der Waals surface area contributed by atoms with E-state index in [1.807, 2.05) is 62.4 Å². The van der Waals surface area contributed by atoms with Crippen molar-refractivity contribution in [2.45, 2.75) is 33.2 Å². The van der Waals surface area contributed by atoms with Crippen molar-refractivity contribution in [2.24, 2.45) is 0 Å². The fourth-order valence-electron chi connectivity index (χ4n) is 2.63. The van der Waals surface area contributed by atoms with Gasteiger partial charge >= 0.3 is 5.97 Å². The molecule has 138 valence electrons. The van der Waals surface area contributed by atoms with Gasteiger partial charge in [0.05, 0.1) is 6.61 Å². The van der Waals surface area contributed by atoms with Crippen molar-refractivity contribution in [3.8, 4) is 5.75 Å². The van der Waals surface area contributed by atoms with Crippen LogP contribution >= 0.6 is 0 Å². The van der Waals surface area contributed by atoms with E-state index in [1.165, 1.54) is 0 Å². The average molecular weight is 355 g/mol. The van der Waals surface area contributed by atoms with E-state index in [2.05, 4.69) is 5.32 Å². The molecule has 0 saturated carbocycles. The number of carbonyl (C=O) groups is 2. The summed E-state index contributed by atoms with van der Waals surface area (Å²) in [6.45, 7) is 5.77. The molecule has 0 aliphatic rings. The zero-order valence-electron chi connectivity index (χ0n) is 15.5. The van der Waals surface area contributed by atoms with E-state index in [1.54, 1.807) is 6.92 Å². The van der Waals surface area contributed by atoms with Crippen LogP contribution in [0.4, 0.5) is 0 Å². The minimum Gasteiger partial charge on any atom is -0.484 e. The van der Waals surface area contributed by atoms with Crippen molar-refractivity contribution in [3.63, 3.8) is 0 Å². The summed E-state index contributed by atoms with van der Waals surface area (Å²) in [5, 5.41) is 2.71. The lowest BCUT2D eigenvalue weighted by Crippen LogP contribution is -2.45. The molecular formula is C21H25NO4. The van der Waals surface area contributed by atoms with Gasteiger partial charge in [-0.25, -0.2) is 4.79 Å². The van der Waals surface area contributed by atoms with Gasteiger partial charge in [0.15, 0.2) is 6.61 Å². The van der Waals surface area contributed by atoms with Gasteiger partial charge < -0.3 is 14.8 Å². The summed E-state index contributed by atoms with van der Waals surface area (Å²) in [5.41, 5.74) is 3.04. The van der Waals surface area contributed by atoms with E-state index >= 15 is 0 Å². The molecule has 2 rings (SSSR count). The lowest BCUT2D eigenvalue weighted by molar-refractivity contribution is -0.147. The molecule has 26 heavy (non-hydrogen) atoms. The highest BCUT2D eigenvalue weighted by Crippen LogP contribution is 2.18. The van der Waals surface area contributed by atoms with Gasteiger partial charge in [0, 0.05) is 6.42 Å². The minimum absolute atomic E-state index is 0.158. The van der Waals surface area contributed by atoms with Crippen LogP contribution in [0.25, 0.3) is 0 Å². The van der Waals surface area contributed by atoms with Gasteiger partial charge in [-0.3, -0.25) is 4.79 Å². The van der Waals surface area contributed by atoms with Crippen LogP contribution in [0.5, 0.6) is 5.75 Å². The van der Waals surface area contributed by atoms with E-state index in [4.69, 9.17) is 9.47 Å². The summed E-state index contributed by atoms with van der Waals surface area (Å²) in [7, 11) is 0. The smallest absolute Gasteiger partial charge is 0.328 e. The van der Waals surface area contributed by atoms with Crippen molar-refractivity contribution < 1.29 is 19.1 Å². The highest BCUT2D eigenvalue weighted by atomic mass is 16.5. The number of hydrogen-bond acceptors (Lipinski definition) is 4. The van der Waals surface area contributed by atoms with E-state index < -0.39 is 12.0 Å². The summed E-state index contributed by atoms with van der Waals surface area (Å²) >= 11 is 0. The molecule has 0 aliphatic heterocycles. The second-order valence-electron chi connectivity index (χ2n) is 6.12. The van der Waals surface area contributed by atoms with Gasteiger partial charge in [-0.1, -0.05) is 48.0 Å². The molecule has 5 heteroatoms. The van der Waals surface area contributed by atoms with Crippen LogP contribution in [-0.4, -0.2) is 31.1 Å². The molecule has 0 saturated heterocycles. The Morgan fingerprint density at radius 1 is 1.08 bits per heavy atom. The molecule has 1 unspecified atom stereocenters. The average Bonchev–Trinajstić information content (AvgIpc) is 2.61. The second kappa shape index (κ2) is 9.61. The topological polar surface area (TPSA) is 64.6 Å². The SMILES string of the molecule is CCOC(=O)C(Cc1ccccc1)NC(=O)COc1ccc(C)cc1C. The minimum atomic E-state index is -0.743. The van der Waals surface area contributed by atoms with Crippen LogP contribution < -0.4 is 10.1 Å². The van der Waals surface area contributed by atoms with Gasteiger partial charge in [-0.05, 0) is 38.0 Å². The van der Waals surface area contributed by atoms with Crippen LogP contribution in [0.1, 0.15) is 23.6 Å². The quantitative estimate of drug-likeness (QED) is 0.740. The number of amides is 1. The van der Waals surface area contributed by atoms with E-state index in [-0.39, 0.29) is 19.1 Å². The van der Waals surface area contributed by atoms with Crippen molar-refractivity contribution in [1.29, 1.82) is 0 Å². The summed E-state index contributed by atoms with van der Waals surface area (Å²) in [6.07, 6.45) is 0.370. The Labute approximate surface area is 154 Å². The van der Waals surface area contributed by atoms with E-state index in [9.17, 15) is 9.59 Å². The largest absolute Gasteiger partial charge is 0.484 e. The predicted octanol–water partition coefficient (Wildman–Crippen LogP) is 2.97. The van der Waals surface area contributed by atoms with E-state index in [0.717, 1.165) is 16.7 Å². The first kappa shape index (κ1) is 19.5. The first-order valence-corrected chi connectivity index (χ1v) is 8.69. The number of ether oxygens (including phenoxy) is 2. The maximum absolute atomic E-state index is 12.3. The van der Waals surface area contributed by atoms with Gasteiger partial charge in [-0.2, -0.15) is 0 Å². The van der Waals surface area contributed by atoms with Crippen molar-refractivity contribution in [3.05, 3.63) is 65.2 Å². The summed E-state index contributed by atoms with van der Waals surface area (Å²) < 4.78 is 10.7. The number of carbonyl (C=O) groups excluding carboxylic acids is 2. The van der Waals surface area contributed by atoms with Crippen molar-refractivity contribution in [2.75, 3.05) is 13.2 Å². The molecule has 0 heterocycles. The fraction of sp³-hybridized carbons (Fsp3) is 0.333. The van der Waals surface area contributed by atoms with Crippen LogP contribution in [0, 0.1) is 13.8 Å². The summed E-state index contributed by atoms with van der Waals surface area (Å²) in [4.78, 5) is 24.4. The maximum atomic E-state index is 12.3. The first-order chi connectivity index (χ1) is 12.5. The summed E-state index contributed by atoms with van der Waals surface area (Å²) in [6, 6.07) is 14.5. The number of esters is 1. The zero-order chi connectivity index (χ0) is 18.9. The van der Waals surface area contributed by atoms with Crippen LogP contribution in [-0.2, 0) is 20.7 Å². The van der Waals surface area contributed by atoms with Gasteiger partial charge in [-0.15, -0.1) is 0 Å². The summed E-state index contributed by atoms with van der Waals surface area (Å²) in [5.74, 6) is -0.156. The molecule has 5 nitrogen and oxygen atoms in total. The monoisotopic (exact) mass is 355 g/mol. The third-order valence-corrected chi connectivity index (χ3v) is 3.88. The van der Waals surface area contributed by atoms with Crippen LogP contribution in [0.3, 0.4) is 0 Å².